The van der Waals surface area contributed by atoms with Crippen molar-refractivity contribution in [1.82, 2.24) is 5.32 Å². The first-order valence-corrected chi connectivity index (χ1v) is 6.73. The molecule has 6 heteroatoms. The molecule has 0 atom stereocenters. The molecule has 1 aliphatic heterocycles. The third-order valence-corrected chi connectivity index (χ3v) is 3.51. The van der Waals surface area contributed by atoms with Crippen molar-refractivity contribution in [2.24, 2.45) is 5.92 Å². The predicted octanol–water partition coefficient (Wildman–Crippen LogP) is 0.520. The van der Waals surface area contributed by atoms with Crippen LogP contribution in [0.15, 0.2) is 18.2 Å². The van der Waals surface area contributed by atoms with Crippen molar-refractivity contribution in [3.05, 3.63) is 18.2 Å². The lowest BCUT2D eigenvalue weighted by Crippen LogP contribution is -2.45. The van der Waals surface area contributed by atoms with E-state index in [4.69, 9.17) is 10.5 Å². The molecule has 20 heavy (non-hydrogen) atoms. The Kier molecular flexibility index (Phi) is 3.22. The molecule has 6 nitrogen and oxygen atoms in total. The second kappa shape index (κ2) is 5.03. The zero-order valence-electron chi connectivity index (χ0n) is 11.1. The molecule has 2 amide bonds. The van der Waals surface area contributed by atoms with Gasteiger partial charge in [-0.15, -0.1) is 0 Å². The molecule has 1 aromatic carbocycles. The highest BCUT2D eigenvalue weighted by Crippen LogP contribution is 2.33. The molecule has 3 N–H and O–H groups in total. The molecule has 1 aliphatic carbocycles. The number of rotatable bonds is 4. The highest BCUT2D eigenvalue weighted by Gasteiger charge is 2.28. The zero-order chi connectivity index (χ0) is 14.1. The summed E-state index contributed by atoms with van der Waals surface area (Å²) in [6.07, 6.45) is 2.36. The third-order valence-electron chi connectivity index (χ3n) is 3.51. The lowest BCUT2D eigenvalue weighted by atomic mass is 10.2. The van der Waals surface area contributed by atoms with Gasteiger partial charge in [-0.3, -0.25) is 14.5 Å². The number of anilines is 2. The lowest BCUT2D eigenvalue weighted by Gasteiger charge is -2.29. The average molecular weight is 275 g/mol. The van der Waals surface area contributed by atoms with Gasteiger partial charge in [-0.25, -0.2) is 0 Å². The highest BCUT2D eigenvalue weighted by molar-refractivity contribution is 6.02. The minimum absolute atomic E-state index is 0.0197. The van der Waals surface area contributed by atoms with Gasteiger partial charge in [-0.05, 0) is 30.9 Å². The van der Waals surface area contributed by atoms with Gasteiger partial charge in [0.25, 0.3) is 5.91 Å². The van der Waals surface area contributed by atoms with Gasteiger partial charge in [0.2, 0.25) is 5.91 Å². The summed E-state index contributed by atoms with van der Waals surface area (Å²) in [6.45, 7) is 0.657. The summed E-state index contributed by atoms with van der Waals surface area (Å²) < 4.78 is 5.33. The number of nitrogens with two attached hydrogens (primary N) is 1. The first-order chi connectivity index (χ1) is 9.63. The quantitative estimate of drug-likeness (QED) is 0.785. The third kappa shape index (κ3) is 2.68. The fourth-order valence-electron chi connectivity index (χ4n) is 2.17. The van der Waals surface area contributed by atoms with E-state index in [0.717, 1.165) is 0 Å². The molecule has 1 aromatic rings. The van der Waals surface area contributed by atoms with Crippen LogP contribution in [0.2, 0.25) is 0 Å². The van der Waals surface area contributed by atoms with Crippen LogP contribution < -0.4 is 20.7 Å². The second-order valence-electron chi connectivity index (χ2n) is 5.24. The molecule has 0 saturated heterocycles. The molecular weight excluding hydrogens is 258 g/mol. The first kappa shape index (κ1) is 12.8. The van der Waals surface area contributed by atoms with Crippen molar-refractivity contribution >= 4 is 23.2 Å². The molecule has 1 saturated carbocycles. The Morgan fingerprint density at radius 1 is 1.45 bits per heavy atom. The van der Waals surface area contributed by atoms with E-state index >= 15 is 0 Å². The Balaban J connectivity index is 1.71. The standard InChI is InChI=1S/C14H17N3O3/c15-10-3-4-11-12(5-10)20-8-14(19)17(11)7-13(18)16-6-9-1-2-9/h3-5,9H,1-2,6-8,15H2,(H,16,18). The van der Waals surface area contributed by atoms with Crippen molar-refractivity contribution in [1.29, 1.82) is 0 Å². The topological polar surface area (TPSA) is 84.7 Å². The molecule has 0 bridgehead atoms. The summed E-state index contributed by atoms with van der Waals surface area (Å²) in [5.74, 6) is 0.796. The Labute approximate surface area is 116 Å². The van der Waals surface area contributed by atoms with Crippen LogP contribution >= 0.6 is 0 Å². The van der Waals surface area contributed by atoms with E-state index in [0.29, 0.717) is 29.6 Å². The normalized spacial score (nSPS) is 17.4. The maximum absolute atomic E-state index is 11.9. The Morgan fingerprint density at radius 2 is 2.25 bits per heavy atom. The van der Waals surface area contributed by atoms with E-state index in [9.17, 15) is 9.59 Å². The molecule has 1 fully saturated rings. The van der Waals surface area contributed by atoms with Gasteiger partial charge in [-0.1, -0.05) is 0 Å². The van der Waals surface area contributed by atoms with Crippen LogP contribution in [0.4, 0.5) is 11.4 Å². The van der Waals surface area contributed by atoms with Crippen LogP contribution in [-0.2, 0) is 9.59 Å². The summed E-state index contributed by atoms with van der Waals surface area (Å²) in [4.78, 5) is 25.3. The van der Waals surface area contributed by atoms with Crippen LogP contribution in [0.1, 0.15) is 12.8 Å². The number of ether oxygens (including phenoxy) is 1. The van der Waals surface area contributed by atoms with Crippen LogP contribution in [0.5, 0.6) is 5.75 Å². The monoisotopic (exact) mass is 275 g/mol. The summed E-state index contributed by atoms with van der Waals surface area (Å²) >= 11 is 0. The highest BCUT2D eigenvalue weighted by atomic mass is 16.5. The van der Waals surface area contributed by atoms with E-state index < -0.39 is 0 Å². The number of benzene rings is 1. The smallest absolute Gasteiger partial charge is 0.265 e. The number of nitrogens with zero attached hydrogens (tertiary/aromatic N) is 1. The number of carbonyl (C=O) groups excluding carboxylic acids is 2. The molecule has 2 aliphatic rings. The van der Waals surface area contributed by atoms with Crippen LogP contribution in [-0.4, -0.2) is 31.5 Å². The van der Waals surface area contributed by atoms with E-state index in [1.807, 2.05) is 0 Å². The maximum atomic E-state index is 11.9. The summed E-state index contributed by atoms with van der Waals surface area (Å²) in [5, 5.41) is 2.86. The van der Waals surface area contributed by atoms with Crippen molar-refractivity contribution in [3.63, 3.8) is 0 Å². The van der Waals surface area contributed by atoms with E-state index in [-0.39, 0.29) is 25.0 Å². The average Bonchev–Trinajstić information content (AvgIpc) is 3.24. The number of carbonyl (C=O) groups is 2. The SMILES string of the molecule is Nc1ccc2c(c1)OCC(=O)N2CC(=O)NCC1CC1. The molecule has 0 aromatic heterocycles. The van der Waals surface area contributed by atoms with Crippen molar-refractivity contribution in [2.45, 2.75) is 12.8 Å². The molecule has 106 valence electrons. The van der Waals surface area contributed by atoms with Crippen LogP contribution in [0, 0.1) is 5.92 Å². The van der Waals surface area contributed by atoms with Gasteiger partial charge in [0.15, 0.2) is 6.61 Å². The number of nitrogens with one attached hydrogen (secondary N) is 1. The van der Waals surface area contributed by atoms with Gasteiger partial charge >= 0.3 is 0 Å². The molecule has 3 rings (SSSR count). The number of hydrogen-bond acceptors (Lipinski definition) is 4. The second-order valence-corrected chi connectivity index (χ2v) is 5.24. The first-order valence-electron chi connectivity index (χ1n) is 6.73. The largest absolute Gasteiger partial charge is 0.481 e. The predicted molar refractivity (Wildman–Crippen MR) is 74.4 cm³/mol. The fraction of sp³-hybridized carbons (Fsp3) is 0.429. The minimum atomic E-state index is -0.219. The molecular formula is C14H17N3O3. The number of hydrogen-bond donors (Lipinski definition) is 2. The van der Waals surface area contributed by atoms with Crippen molar-refractivity contribution < 1.29 is 14.3 Å². The zero-order valence-corrected chi connectivity index (χ0v) is 11.1. The summed E-state index contributed by atoms with van der Waals surface area (Å²) in [7, 11) is 0. The maximum Gasteiger partial charge on any atom is 0.265 e. The summed E-state index contributed by atoms with van der Waals surface area (Å²) in [6, 6.07) is 5.06. The van der Waals surface area contributed by atoms with Crippen LogP contribution in [0.3, 0.4) is 0 Å². The minimum Gasteiger partial charge on any atom is -0.481 e. The van der Waals surface area contributed by atoms with Gasteiger partial charge in [0, 0.05) is 18.3 Å². The van der Waals surface area contributed by atoms with Gasteiger partial charge in [0.05, 0.1) is 5.69 Å². The van der Waals surface area contributed by atoms with Gasteiger partial charge < -0.3 is 15.8 Å². The molecule has 0 unspecified atom stereocenters. The van der Waals surface area contributed by atoms with Crippen molar-refractivity contribution in [2.75, 3.05) is 30.3 Å². The lowest BCUT2D eigenvalue weighted by molar-refractivity contribution is -0.125. The van der Waals surface area contributed by atoms with E-state index in [1.54, 1.807) is 18.2 Å². The molecule has 0 radical (unpaired) electrons. The van der Waals surface area contributed by atoms with Crippen molar-refractivity contribution in [3.8, 4) is 5.75 Å². The number of amides is 2. The molecule has 0 spiro atoms. The Morgan fingerprint density at radius 3 is 3.00 bits per heavy atom. The number of nitrogen functional groups attached to an aromatic ring is 1. The van der Waals surface area contributed by atoms with E-state index in [1.165, 1.54) is 17.7 Å². The van der Waals surface area contributed by atoms with E-state index in [2.05, 4.69) is 5.32 Å². The van der Waals surface area contributed by atoms with Gasteiger partial charge in [0.1, 0.15) is 12.3 Å². The summed E-state index contributed by atoms with van der Waals surface area (Å²) in [5.41, 5.74) is 6.85. The van der Waals surface area contributed by atoms with Gasteiger partial charge in [-0.2, -0.15) is 0 Å². The molecule has 1 heterocycles. The Bertz CT molecular complexity index is 555. The van der Waals surface area contributed by atoms with Crippen LogP contribution in [0.25, 0.3) is 0 Å². The number of fused-ring (bicyclic) bond motifs is 1. The fourth-order valence-corrected chi connectivity index (χ4v) is 2.17. The Hall–Kier alpha value is -2.24.